The van der Waals surface area contributed by atoms with Gasteiger partial charge >= 0.3 is 5.97 Å². The fourth-order valence-electron chi connectivity index (χ4n) is 3.72. The minimum Gasteiger partial charge on any atom is -0.508 e. The van der Waals surface area contributed by atoms with Crippen LogP contribution in [0.15, 0.2) is 54.6 Å². The van der Waals surface area contributed by atoms with Crippen LogP contribution in [-0.4, -0.2) is 16.2 Å². The van der Waals surface area contributed by atoms with Crippen LogP contribution in [0.5, 0.6) is 23.0 Å². The van der Waals surface area contributed by atoms with Gasteiger partial charge in [-0.15, -0.1) is 12.4 Å². The van der Waals surface area contributed by atoms with E-state index in [4.69, 9.17) is 15.2 Å². The summed E-state index contributed by atoms with van der Waals surface area (Å²) in [4.78, 5) is 12.6. The van der Waals surface area contributed by atoms with E-state index in [1.807, 2.05) is 0 Å². The molecular weight excluding hydrogens is 370 g/mol. The Morgan fingerprint density at radius 3 is 1.96 bits per heavy atom. The number of phenolic OH excluding ortho intramolecular Hbond substituents is 2. The Balaban J connectivity index is 0.00000180. The van der Waals surface area contributed by atoms with Crippen LogP contribution in [0.25, 0.3) is 0 Å². The summed E-state index contributed by atoms with van der Waals surface area (Å²) < 4.78 is 11.8. The summed E-state index contributed by atoms with van der Waals surface area (Å²) in [5.41, 5.74) is 7.26. The highest BCUT2D eigenvalue weighted by Gasteiger charge is 2.53. The quantitative estimate of drug-likeness (QED) is 0.404. The van der Waals surface area contributed by atoms with E-state index >= 15 is 0 Å². The largest absolute Gasteiger partial charge is 0.508 e. The molecule has 136 valence electrons. The molecule has 0 aromatic heterocycles. The van der Waals surface area contributed by atoms with Crippen molar-refractivity contribution in [2.24, 2.45) is 0 Å². The van der Waals surface area contributed by atoms with E-state index in [2.05, 4.69) is 0 Å². The van der Waals surface area contributed by atoms with Crippen molar-refractivity contribution in [3.8, 4) is 23.0 Å². The van der Waals surface area contributed by atoms with Crippen molar-refractivity contribution in [2.45, 2.75) is 5.60 Å². The summed E-state index contributed by atoms with van der Waals surface area (Å²) in [6, 6.07) is 14.3. The Morgan fingerprint density at radius 2 is 1.37 bits per heavy atom. The number of nitrogen functional groups attached to an aromatic ring is 1. The van der Waals surface area contributed by atoms with E-state index in [9.17, 15) is 15.0 Å². The van der Waals surface area contributed by atoms with E-state index in [0.717, 1.165) is 0 Å². The Kier molecular flexibility index (Phi) is 3.51. The molecule has 0 atom stereocenters. The van der Waals surface area contributed by atoms with Crippen molar-refractivity contribution in [3.05, 3.63) is 76.9 Å². The van der Waals surface area contributed by atoms with E-state index in [1.54, 1.807) is 30.3 Å². The average molecular weight is 384 g/mol. The number of hydrogen-bond acceptors (Lipinski definition) is 6. The lowest BCUT2D eigenvalue weighted by Gasteiger charge is -2.36. The third kappa shape index (κ3) is 2.17. The fourth-order valence-corrected chi connectivity index (χ4v) is 3.72. The Morgan fingerprint density at radius 1 is 0.815 bits per heavy atom. The molecule has 2 aliphatic rings. The second kappa shape index (κ2) is 5.56. The van der Waals surface area contributed by atoms with Crippen molar-refractivity contribution < 1.29 is 24.5 Å². The van der Waals surface area contributed by atoms with Gasteiger partial charge in [0.05, 0.1) is 5.56 Å². The number of rotatable bonds is 0. The maximum absolute atomic E-state index is 12.6. The summed E-state index contributed by atoms with van der Waals surface area (Å²) >= 11 is 0. The molecule has 0 unspecified atom stereocenters. The van der Waals surface area contributed by atoms with E-state index in [1.165, 1.54) is 24.3 Å². The maximum Gasteiger partial charge on any atom is 0.340 e. The zero-order valence-corrected chi connectivity index (χ0v) is 14.6. The molecule has 3 aromatic carbocycles. The number of esters is 1. The van der Waals surface area contributed by atoms with Gasteiger partial charge in [-0.3, -0.25) is 0 Å². The topological polar surface area (TPSA) is 102 Å². The third-order valence-corrected chi connectivity index (χ3v) is 4.80. The van der Waals surface area contributed by atoms with E-state index in [0.29, 0.717) is 39.4 Å². The summed E-state index contributed by atoms with van der Waals surface area (Å²) in [6.45, 7) is 0. The van der Waals surface area contributed by atoms with Gasteiger partial charge in [0, 0.05) is 34.5 Å². The number of carbonyl (C=O) groups excluding carboxylic acids is 1. The van der Waals surface area contributed by atoms with Gasteiger partial charge in [0.15, 0.2) is 5.60 Å². The predicted octanol–water partition coefficient (Wildman–Crippen LogP) is 3.67. The fraction of sp³-hybridized carbons (Fsp3) is 0.0500. The number of ether oxygens (including phenoxy) is 2. The average Bonchev–Trinajstić information content (AvgIpc) is 2.87. The van der Waals surface area contributed by atoms with Gasteiger partial charge in [-0.25, -0.2) is 4.79 Å². The number of benzene rings is 3. The number of aromatic hydroxyl groups is 2. The Labute approximate surface area is 160 Å². The van der Waals surface area contributed by atoms with Crippen LogP contribution in [-0.2, 0) is 10.3 Å². The van der Waals surface area contributed by atoms with Gasteiger partial charge in [-0.05, 0) is 36.4 Å². The number of carbonyl (C=O) groups is 1. The highest BCUT2D eigenvalue weighted by Crippen LogP contribution is 2.57. The molecule has 4 N–H and O–H groups in total. The highest BCUT2D eigenvalue weighted by atomic mass is 35.5. The second-order valence-electron chi connectivity index (χ2n) is 6.34. The van der Waals surface area contributed by atoms with Crippen LogP contribution < -0.4 is 10.5 Å². The molecule has 0 saturated carbocycles. The van der Waals surface area contributed by atoms with Gasteiger partial charge < -0.3 is 25.4 Å². The lowest BCUT2D eigenvalue weighted by molar-refractivity contribution is 0.0224. The highest BCUT2D eigenvalue weighted by molar-refractivity contribution is 5.98. The number of halogens is 1. The summed E-state index contributed by atoms with van der Waals surface area (Å²) in [5.74, 6) is 0.238. The van der Waals surface area contributed by atoms with Crippen LogP contribution in [0.4, 0.5) is 5.69 Å². The van der Waals surface area contributed by atoms with E-state index in [-0.39, 0.29) is 23.9 Å². The first-order valence-electron chi connectivity index (χ1n) is 7.97. The SMILES string of the molecule is Cl.Nc1ccc2c(c1)C(=O)OC21c2ccc(O)cc2Oc2cc(O)ccc21. The molecule has 1 spiro atoms. The summed E-state index contributed by atoms with van der Waals surface area (Å²) in [7, 11) is 0. The molecule has 0 aliphatic carbocycles. The number of fused-ring (bicyclic) bond motifs is 6. The van der Waals surface area contributed by atoms with Gasteiger partial charge in [0.25, 0.3) is 0 Å². The molecule has 6 nitrogen and oxygen atoms in total. The molecule has 27 heavy (non-hydrogen) atoms. The van der Waals surface area contributed by atoms with Crippen molar-refractivity contribution in [1.29, 1.82) is 0 Å². The molecule has 0 amide bonds. The molecule has 0 bridgehead atoms. The molecular formula is C20H14ClNO5. The normalized spacial score (nSPS) is 15.0. The first-order chi connectivity index (χ1) is 12.5. The first kappa shape index (κ1) is 17.1. The molecule has 0 radical (unpaired) electrons. The minimum absolute atomic E-state index is 0. The van der Waals surface area contributed by atoms with Gasteiger partial charge in [0.2, 0.25) is 0 Å². The lowest BCUT2D eigenvalue weighted by atomic mass is 9.77. The van der Waals surface area contributed by atoms with Crippen molar-refractivity contribution in [1.82, 2.24) is 0 Å². The molecule has 5 rings (SSSR count). The van der Waals surface area contributed by atoms with Gasteiger partial charge in [-0.2, -0.15) is 0 Å². The smallest absolute Gasteiger partial charge is 0.340 e. The predicted molar refractivity (Wildman–Crippen MR) is 99.7 cm³/mol. The lowest BCUT2D eigenvalue weighted by Crippen LogP contribution is -2.32. The monoisotopic (exact) mass is 383 g/mol. The van der Waals surface area contributed by atoms with Gasteiger partial charge in [0.1, 0.15) is 23.0 Å². The van der Waals surface area contributed by atoms with Crippen molar-refractivity contribution in [2.75, 3.05) is 5.73 Å². The number of phenols is 2. The molecule has 0 saturated heterocycles. The van der Waals surface area contributed by atoms with Crippen LogP contribution in [0.2, 0.25) is 0 Å². The van der Waals surface area contributed by atoms with Gasteiger partial charge in [-0.1, -0.05) is 6.07 Å². The first-order valence-corrected chi connectivity index (χ1v) is 7.97. The zero-order chi connectivity index (χ0) is 18.1. The van der Waals surface area contributed by atoms with Crippen LogP contribution >= 0.6 is 12.4 Å². The third-order valence-electron chi connectivity index (χ3n) is 4.80. The molecule has 3 aromatic rings. The van der Waals surface area contributed by atoms with E-state index < -0.39 is 11.6 Å². The summed E-state index contributed by atoms with van der Waals surface area (Å²) in [5, 5.41) is 19.7. The Bertz CT molecular complexity index is 1060. The molecule has 2 aliphatic heterocycles. The van der Waals surface area contributed by atoms with Crippen molar-refractivity contribution in [3.63, 3.8) is 0 Å². The number of nitrogens with two attached hydrogens (primary N) is 1. The van der Waals surface area contributed by atoms with Crippen molar-refractivity contribution >= 4 is 24.1 Å². The van der Waals surface area contributed by atoms with Crippen LogP contribution in [0.3, 0.4) is 0 Å². The van der Waals surface area contributed by atoms with Crippen LogP contribution in [0.1, 0.15) is 27.0 Å². The molecule has 0 fully saturated rings. The standard InChI is InChI=1S/C20H13NO5.ClH/c21-10-1-4-14-13(7-10)19(24)26-20(14)15-5-2-11(22)8-17(15)25-18-9-12(23)3-6-16(18)20;/h1-9,22-23H,21H2;1H. The maximum atomic E-state index is 12.6. The second-order valence-corrected chi connectivity index (χ2v) is 6.34. The zero-order valence-electron chi connectivity index (χ0n) is 13.8. The minimum atomic E-state index is -1.23. The number of hydrogen-bond donors (Lipinski definition) is 3. The molecule has 7 heteroatoms. The molecule has 2 heterocycles. The Hall–Kier alpha value is -3.38. The summed E-state index contributed by atoms with van der Waals surface area (Å²) in [6.07, 6.45) is 0. The number of anilines is 1. The van der Waals surface area contributed by atoms with Crippen LogP contribution in [0, 0.1) is 0 Å².